The molecule has 3 aromatic rings. The van der Waals surface area contributed by atoms with Crippen molar-refractivity contribution in [1.29, 1.82) is 0 Å². The SMILES string of the molecule is O=POc1ccc(P(c2ccccc2)c2ccccc2)cc1. The maximum atomic E-state index is 10.5. The van der Waals surface area contributed by atoms with E-state index in [1.165, 1.54) is 15.9 Å². The highest BCUT2D eigenvalue weighted by molar-refractivity contribution is 7.79. The molecule has 0 saturated heterocycles. The third-order valence-corrected chi connectivity index (χ3v) is 6.00. The monoisotopic (exact) mass is 324 g/mol. The summed E-state index contributed by atoms with van der Waals surface area (Å²) in [5.74, 6) is 0.608. The molecular weight excluding hydrogens is 310 g/mol. The van der Waals surface area contributed by atoms with Crippen LogP contribution in [0.15, 0.2) is 84.9 Å². The Kier molecular flexibility index (Phi) is 4.96. The minimum absolute atomic E-state index is 0.328. The molecule has 0 spiro atoms. The van der Waals surface area contributed by atoms with E-state index in [4.69, 9.17) is 4.52 Å². The van der Waals surface area contributed by atoms with Crippen molar-refractivity contribution in [3.8, 4) is 5.75 Å². The van der Waals surface area contributed by atoms with Gasteiger partial charge in [0.05, 0.1) is 0 Å². The molecule has 0 atom stereocenters. The van der Waals surface area contributed by atoms with Crippen LogP contribution in [0.5, 0.6) is 5.75 Å². The molecule has 2 nitrogen and oxygen atoms in total. The molecule has 0 radical (unpaired) electrons. The summed E-state index contributed by atoms with van der Waals surface area (Å²) in [5, 5.41) is 3.85. The number of benzene rings is 3. The third-order valence-electron chi connectivity index (χ3n) is 3.27. The average molecular weight is 324 g/mol. The number of rotatable bonds is 5. The highest BCUT2D eigenvalue weighted by Gasteiger charge is 2.15. The summed E-state index contributed by atoms with van der Waals surface area (Å²) in [5.41, 5.74) is 0. The lowest BCUT2D eigenvalue weighted by atomic mass is 10.3. The summed E-state index contributed by atoms with van der Waals surface area (Å²) in [6.45, 7) is 0. The normalized spacial score (nSPS) is 10.8. The first-order chi connectivity index (χ1) is 10.9. The van der Waals surface area contributed by atoms with E-state index in [2.05, 4.69) is 48.5 Å². The van der Waals surface area contributed by atoms with Gasteiger partial charge in [0.15, 0.2) is 0 Å². The fraction of sp³-hybridized carbons (Fsp3) is 0. The molecule has 4 heteroatoms. The molecule has 108 valence electrons. The van der Waals surface area contributed by atoms with Crippen LogP contribution in [0.3, 0.4) is 0 Å². The maximum Gasteiger partial charge on any atom is 0.395 e. The molecule has 3 rings (SSSR count). The van der Waals surface area contributed by atoms with Crippen molar-refractivity contribution in [3.63, 3.8) is 0 Å². The lowest BCUT2D eigenvalue weighted by Gasteiger charge is -2.19. The van der Waals surface area contributed by atoms with Crippen molar-refractivity contribution in [2.75, 3.05) is 0 Å². The molecular formula is C18H14O2P2. The quantitative estimate of drug-likeness (QED) is 0.662. The van der Waals surface area contributed by atoms with Crippen molar-refractivity contribution in [2.45, 2.75) is 0 Å². The smallest absolute Gasteiger partial charge is 0.395 e. The molecule has 0 aliphatic rings. The van der Waals surface area contributed by atoms with E-state index in [1.807, 2.05) is 36.4 Å². The van der Waals surface area contributed by atoms with Crippen LogP contribution in [0.1, 0.15) is 0 Å². The Balaban J connectivity index is 2.04. The van der Waals surface area contributed by atoms with E-state index in [9.17, 15) is 4.57 Å². The molecule has 0 aromatic heterocycles. The zero-order valence-corrected chi connectivity index (χ0v) is 13.6. The highest BCUT2D eigenvalue weighted by Crippen LogP contribution is 2.33. The van der Waals surface area contributed by atoms with Gasteiger partial charge < -0.3 is 4.52 Å². The van der Waals surface area contributed by atoms with Gasteiger partial charge in [0.2, 0.25) is 0 Å². The Bertz CT molecular complexity index is 689. The molecule has 22 heavy (non-hydrogen) atoms. The lowest BCUT2D eigenvalue weighted by Crippen LogP contribution is -2.20. The van der Waals surface area contributed by atoms with Gasteiger partial charge in [-0.3, -0.25) is 0 Å². The maximum absolute atomic E-state index is 10.5. The van der Waals surface area contributed by atoms with E-state index >= 15 is 0 Å². The van der Waals surface area contributed by atoms with E-state index in [-0.39, 0.29) is 8.69 Å². The standard InChI is InChI=1S/C18H14O2P2/c19-21-20-15-11-13-18(14-12-15)22(16-7-3-1-4-8-16)17-9-5-2-6-10-17/h1-14H. The van der Waals surface area contributed by atoms with Crippen LogP contribution in [-0.2, 0) is 4.57 Å². The van der Waals surface area contributed by atoms with Gasteiger partial charge in [-0.1, -0.05) is 72.8 Å². The van der Waals surface area contributed by atoms with E-state index in [0.717, 1.165) is 0 Å². The first kappa shape index (κ1) is 14.9. The van der Waals surface area contributed by atoms with E-state index < -0.39 is 7.92 Å². The summed E-state index contributed by atoms with van der Waals surface area (Å²) < 4.78 is 15.5. The van der Waals surface area contributed by atoms with E-state index in [1.54, 1.807) is 0 Å². The van der Waals surface area contributed by atoms with Crippen LogP contribution in [0.25, 0.3) is 0 Å². The molecule has 0 N–H and O–H groups in total. The minimum Gasteiger partial charge on any atom is -0.408 e. The van der Waals surface area contributed by atoms with Crippen LogP contribution in [0, 0.1) is 0 Å². The molecule has 0 amide bonds. The van der Waals surface area contributed by atoms with Gasteiger partial charge in [0, 0.05) is 0 Å². The van der Waals surface area contributed by atoms with Crippen LogP contribution in [0.4, 0.5) is 0 Å². The fourth-order valence-electron chi connectivity index (χ4n) is 2.30. The van der Waals surface area contributed by atoms with Crippen molar-refractivity contribution >= 4 is 32.5 Å². The Hall–Kier alpha value is -2.01. The predicted octanol–water partition coefficient (Wildman–Crippen LogP) is 4.03. The predicted molar refractivity (Wildman–Crippen MR) is 93.4 cm³/mol. The second-order valence-electron chi connectivity index (χ2n) is 4.67. The van der Waals surface area contributed by atoms with E-state index in [0.29, 0.717) is 5.75 Å². The highest BCUT2D eigenvalue weighted by atomic mass is 31.1. The van der Waals surface area contributed by atoms with Gasteiger partial charge in [-0.25, -0.2) is 4.57 Å². The van der Waals surface area contributed by atoms with Gasteiger partial charge in [-0.15, -0.1) is 0 Å². The average Bonchev–Trinajstić information content (AvgIpc) is 2.59. The lowest BCUT2D eigenvalue weighted by molar-refractivity contribution is 0.525. The van der Waals surface area contributed by atoms with Gasteiger partial charge in [0.25, 0.3) is 0 Å². The summed E-state index contributed by atoms with van der Waals surface area (Å²) >= 11 is 0. The molecule has 3 aromatic carbocycles. The second-order valence-corrected chi connectivity index (χ2v) is 7.22. The van der Waals surface area contributed by atoms with Gasteiger partial charge in [-0.2, -0.15) is 0 Å². The molecule has 0 aliphatic heterocycles. The summed E-state index contributed by atoms with van der Waals surface area (Å²) in [4.78, 5) is 0. The Labute approximate surface area is 132 Å². The van der Waals surface area contributed by atoms with Gasteiger partial charge in [0.1, 0.15) is 5.75 Å². The first-order valence-electron chi connectivity index (χ1n) is 6.88. The third kappa shape index (κ3) is 3.42. The van der Waals surface area contributed by atoms with Crippen LogP contribution < -0.4 is 20.4 Å². The van der Waals surface area contributed by atoms with Gasteiger partial charge >= 0.3 is 8.69 Å². The zero-order valence-electron chi connectivity index (χ0n) is 11.8. The molecule has 0 saturated carbocycles. The minimum atomic E-state index is -0.604. The largest absolute Gasteiger partial charge is 0.408 e. The summed E-state index contributed by atoms with van der Waals surface area (Å²) in [7, 11) is -0.931. The first-order valence-corrected chi connectivity index (χ1v) is 8.95. The van der Waals surface area contributed by atoms with Crippen molar-refractivity contribution in [1.82, 2.24) is 0 Å². The topological polar surface area (TPSA) is 26.3 Å². The molecule has 0 fully saturated rings. The number of hydrogen-bond acceptors (Lipinski definition) is 2. The van der Waals surface area contributed by atoms with Crippen molar-refractivity contribution in [3.05, 3.63) is 84.9 Å². The summed E-state index contributed by atoms with van der Waals surface area (Å²) in [6, 6.07) is 28.8. The molecule has 0 unspecified atom stereocenters. The molecule has 0 heterocycles. The fourth-order valence-corrected chi connectivity index (χ4v) is 4.79. The molecule has 0 aliphatic carbocycles. The Morgan fingerprint density at radius 2 is 1.09 bits per heavy atom. The Morgan fingerprint density at radius 3 is 1.55 bits per heavy atom. The van der Waals surface area contributed by atoms with Gasteiger partial charge in [-0.05, 0) is 36.0 Å². The van der Waals surface area contributed by atoms with Crippen LogP contribution >= 0.6 is 16.6 Å². The molecule has 0 bridgehead atoms. The van der Waals surface area contributed by atoms with Crippen LogP contribution in [0.2, 0.25) is 0 Å². The van der Waals surface area contributed by atoms with Crippen LogP contribution in [-0.4, -0.2) is 0 Å². The zero-order chi connectivity index (χ0) is 15.2. The van der Waals surface area contributed by atoms with Crippen molar-refractivity contribution < 1.29 is 9.09 Å². The van der Waals surface area contributed by atoms with Crippen molar-refractivity contribution in [2.24, 2.45) is 0 Å². The Morgan fingerprint density at radius 1 is 0.636 bits per heavy atom. The number of hydrogen-bond donors (Lipinski definition) is 0. The summed E-state index contributed by atoms with van der Waals surface area (Å²) in [6.07, 6.45) is 0. The second kappa shape index (κ2) is 7.31.